The normalized spacial score (nSPS) is 25.3. The molecule has 146 valence electrons. The van der Waals surface area contributed by atoms with Gasteiger partial charge < -0.3 is 25.0 Å². The molecule has 2 heterocycles. The van der Waals surface area contributed by atoms with Gasteiger partial charge >= 0.3 is 12.1 Å². The minimum atomic E-state index is -4.50. The van der Waals surface area contributed by atoms with Crippen molar-refractivity contribution in [3.8, 4) is 0 Å². The summed E-state index contributed by atoms with van der Waals surface area (Å²) in [7, 11) is 0. The van der Waals surface area contributed by atoms with E-state index >= 15 is 0 Å². The zero-order valence-corrected chi connectivity index (χ0v) is 13.8. The van der Waals surface area contributed by atoms with Crippen molar-refractivity contribution in [2.45, 2.75) is 43.4 Å². The van der Waals surface area contributed by atoms with Gasteiger partial charge in [-0.25, -0.2) is 9.78 Å². The van der Waals surface area contributed by atoms with Crippen LogP contribution >= 0.6 is 0 Å². The molecule has 0 spiro atoms. The van der Waals surface area contributed by atoms with Crippen molar-refractivity contribution in [1.82, 2.24) is 9.55 Å². The van der Waals surface area contributed by atoms with Gasteiger partial charge in [0, 0.05) is 6.20 Å². The zero-order valence-electron chi connectivity index (χ0n) is 13.8. The van der Waals surface area contributed by atoms with E-state index in [9.17, 15) is 38.4 Å². The Bertz CT molecular complexity index is 851. The number of alkyl halides is 3. The van der Waals surface area contributed by atoms with Crippen LogP contribution in [0.25, 0.3) is 0 Å². The number of carbonyl (C=O) groups is 1. The SMILES string of the molecule is O=C(O)[C@@H]1[C@@H](O)[C@H](O)[C@@H](O)c2nc(CCc3ccccc3C(F)(F)F)cn21. The van der Waals surface area contributed by atoms with Gasteiger partial charge in [0.2, 0.25) is 0 Å². The summed E-state index contributed by atoms with van der Waals surface area (Å²) in [6.07, 6.45) is -8.28. The van der Waals surface area contributed by atoms with Crippen LogP contribution in [0.15, 0.2) is 30.5 Å². The molecule has 1 aliphatic rings. The number of fused-ring (bicyclic) bond motifs is 1. The van der Waals surface area contributed by atoms with E-state index in [4.69, 9.17) is 0 Å². The molecule has 7 nitrogen and oxygen atoms in total. The average Bonchev–Trinajstić information content (AvgIpc) is 3.01. The summed E-state index contributed by atoms with van der Waals surface area (Å²) in [6, 6.07) is 3.55. The number of halogens is 3. The Morgan fingerprint density at radius 1 is 1.11 bits per heavy atom. The number of benzene rings is 1. The number of nitrogens with zero attached hydrogens (tertiary/aromatic N) is 2. The highest BCUT2D eigenvalue weighted by atomic mass is 19.4. The van der Waals surface area contributed by atoms with Crippen LogP contribution in [0.5, 0.6) is 0 Å². The van der Waals surface area contributed by atoms with E-state index in [1.807, 2.05) is 0 Å². The number of rotatable bonds is 4. The topological polar surface area (TPSA) is 116 Å². The molecule has 4 N–H and O–H groups in total. The number of aromatic nitrogens is 2. The minimum absolute atomic E-state index is 0.00885. The number of carboxylic acid groups (broad SMARTS) is 1. The van der Waals surface area contributed by atoms with Gasteiger partial charge in [-0.15, -0.1) is 0 Å². The van der Waals surface area contributed by atoms with Crippen molar-refractivity contribution in [3.63, 3.8) is 0 Å². The molecule has 3 rings (SSSR count). The minimum Gasteiger partial charge on any atom is -0.480 e. The molecule has 10 heteroatoms. The van der Waals surface area contributed by atoms with Crippen LogP contribution in [0.1, 0.15) is 34.8 Å². The Hall–Kier alpha value is -2.43. The van der Waals surface area contributed by atoms with Gasteiger partial charge in [-0.3, -0.25) is 0 Å². The summed E-state index contributed by atoms with van der Waals surface area (Å²) < 4.78 is 40.2. The van der Waals surface area contributed by atoms with Crippen LogP contribution in [-0.2, 0) is 23.8 Å². The number of aliphatic hydroxyl groups excluding tert-OH is 3. The molecule has 0 amide bonds. The quantitative estimate of drug-likeness (QED) is 0.625. The predicted molar refractivity (Wildman–Crippen MR) is 84.7 cm³/mol. The van der Waals surface area contributed by atoms with Crippen molar-refractivity contribution in [1.29, 1.82) is 0 Å². The highest BCUT2D eigenvalue weighted by Crippen LogP contribution is 2.34. The molecule has 1 aromatic heterocycles. The second-order valence-corrected chi connectivity index (χ2v) is 6.36. The lowest BCUT2D eigenvalue weighted by Crippen LogP contribution is -2.47. The smallest absolute Gasteiger partial charge is 0.416 e. The molecule has 0 saturated carbocycles. The summed E-state index contributed by atoms with van der Waals surface area (Å²) in [5.74, 6) is -1.58. The first-order valence-corrected chi connectivity index (χ1v) is 8.11. The van der Waals surface area contributed by atoms with Crippen molar-refractivity contribution in [2.75, 3.05) is 0 Å². The third-order valence-electron chi connectivity index (χ3n) is 4.60. The fourth-order valence-corrected chi connectivity index (χ4v) is 3.26. The maximum absolute atomic E-state index is 13.1. The van der Waals surface area contributed by atoms with Crippen LogP contribution in [-0.4, -0.2) is 48.2 Å². The van der Waals surface area contributed by atoms with E-state index in [1.165, 1.54) is 24.4 Å². The molecule has 0 aliphatic carbocycles. The van der Waals surface area contributed by atoms with E-state index in [0.717, 1.165) is 10.6 Å². The van der Waals surface area contributed by atoms with E-state index in [0.29, 0.717) is 0 Å². The van der Waals surface area contributed by atoms with E-state index in [-0.39, 0.29) is 29.9 Å². The lowest BCUT2D eigenvalue weighted by molar-refractivity contribution is -0.156. The number of aryl methyl sites for hydroxylation is 2. The fraction of sp³-hybridized carbons (Fsp3) is 0.412. The summed E-state index contributed by atoms with van der Waals surface area (Å²) in [6.45, 7) is 0. The first kappa shape index (κ1) is 19.3. The largest absolute Gasteiger partial charge is 0.480 e. The Kier molecular flexibility index (Phi) is 4.98. The molecule has 0 saturated heterocycles. The molecular weight excluding hydrogens is 369 g/mol. The maximum atomic E-state index is 13.1. The average molecular weight is 386 g/mol. The number of carboxylic acids is 1. The van der Waals surface area contributed by atoms with Gasteiger partial charge in [0.05, 0.1) is 11.3 Å². The lowest BCUT2D eigenvalue weighted by atomic mass is 9.96. The van der Waals surface area contributed by atoms with E-state index in [2.05, 4.69) is 4.98 Å². The summed E-state index contributed by atoms with van der Waals surface area (Å²) >= 11 is 0. The maximum Gasteiger partial charge on any atom is 0.416 e. The molecule has 27 heavy (non-hydrogen) atoms. The summed E-state index contributed by atoms with van der Waals surface area (Å²) in [5.41, 5.74) is -0.455. The fourth-order valence-electron chi connectivity index (χ4n) is 3.26. The second kappa shape index (κ2) is 6.95. The molecular formula is C17H17F3N2O5. The third kappa shape index (κ3) is 3.55. The van der Waals surface area contributed by atoms with Crippen LogP contribution in [0.3, 0.4) is 0 Å². The standard InChI is InChI=1S/C17H17F3N2O5/c18-17(19,20)10-4-2-1-3-8(10)5-6-9-7-22-11(16(26)27)12(23)13(24)14(25)15(22)21-9/h1-4,7,11-14,23-25H,5-6H2,(H,26,27)/t11-,12+,13-,14+/m0/s1. The number of imidazole rings is 1. The second-order valence-electron chi connectivity index (χ2n) is 6.36. The highest BCUT2D eigenvalue weighted by Gasteiger charge is 2.45. The van der Waals surface area contributed by atoms with Gasteiger partial charge in [0.15, 0.2) is 6.04 Å². The number of aliphatic carboxylic acids is 1. The molecule has 4 atom stereocenters. The van der Waals surface area contributed by atoms with Crippen molar-refractivity contribution >= 4 is 5.97 Å². The molecule has 0 radical (unpaired) electrons. The molecule has 2 aromatic rings. The summed E-state index contributed by atoms with van der Waals surface area (Å²) in [4.78, 5) is 15.5. The van der Waals surface area contributed by atoms with E-state index < -0.39 is 42.1 Å². The first-order chi connectivity index (χ1) is 12.6. The molecule has 0 unspecified atom stereocenters. The van der Waals surface area contributed by atoms with Gasteiger partial charge in [-0.2, -0.15) is 13.2 Å². The van der Waals surface area contributed by atoms with Gasteiger partial charge in [0.25, 0.3) is 0 Å². The third-order valence-corrected chi connectivity index (χ3v) is 4.60. The first-order valence-electron chi connectivity index (χ1n) is 8.11. The molecule has 1 aromatic carbocycles. The lowest BCUT2D eigenvalue weighted by Gasteiger charge is -2.33. The van der Waals surface area contributed by atoms with Crippen molar-refractivity contribution in [2.24, 2.45) is 0 Å². The van der Waals surface area contributed by atoms with Gasteiger partial charge in [-0.1, -0.05) is 18.2 Å². The Labute approximate surface area is 151 Å². The number of hydrogen-bond donors (Lipinski definition) is 4. The Balaban J connectivity index is 1.88. The van der Waals surface area contributed by atoms with Gasteiger partial charge in [0.1, 0.15) is 24.1 Å². The monoisotopic (exact) mass is 386 g/mol. The molecule has 1 aliphatic heterocycles. The van der Waals surface area contributed by atoms with Crippen molar-refractivity contribution < 1.29 is 38.4 Å². The van der Waals surface area contributed by atoms with Crippen molar-refractivity contribution in [3.05, 3.63) is 53.1 Å². The number of hydrogen-bond acceptors (Lipinski definition) is 5. The van der Waals surface area contributed by atoms with Crippen LogP contribution in [0.4, 0.5) is 13.2 Å². The number of aliphatic hydroxyl groups is 3. The van der Waals surface area contributed by atoms with Crippen LogP contribution in [0.2, 0.25) is 0 Å². The Morgan fingerprint density at radius 3 is 2.41 bits per heavy atom. The predicted octanol–water partition coefficient (Wildman–Crippen LogP) is 1.08. The van der Waals surface area contributed by atoms with Crippen LogP contribution in [0, 0.1) is 0 Å². The summed E-state index contributed by atoms with van der Waals surface area (Å²) in [5, 5.41) is 39.0. The molecule has 0 bridgehead atoms. The Morgan fingerprint density at radius 2 is 1.78 bits per heavy atom. The van der Waals surface area contributed by atoms with E-state index in [1.54, 1.807) is 0 Å². The van der Waals surface area contributed by atoms with Gasteiger partial charge in [-0.05, 0) is 24.5 Å². The van der Waals surface area contributed by atoms with Crippen LogP contribution < -0.4 is 0 Å². The molecule has 0 fully saturated rings. The zero-order chi connectivity index (χ0) is 19.9. The highest BCUT2D eigenvalue weighted by molar-refractivity contribution is 5.73.